The normalized spacial score (nSPS) is 10.2. The summed E-state index contributed by atoms with van der Waals surface area (Å²) in [5.41, 5.74) is 0.201. The molecule has 98 valence electrons. The molecule has 0 saturated heterocycles. The topological polar surface area (TPSA) is 90.1 Å². The van der Waals surface area contributed by atoms with E-state index in [4.69, 9.17) is 0 Å². The van der Waals surface area contributed by atoms with Gasteiger partial charge in [-0.15, -0.1) is 0 Å². The van der Waals surface area contributed by atoms with Crippen LogP contribution in [0.4, 0.5) is 11.6 Å². The SMILES string of the molecule is Cn1c(C(=O)Nc2ccc(I)cn2)ccc1[N+](=O)[O-]. The van der Waals surface area contributed by atoms with Crippen LogP contribution in [-0.4, -0.2) is 20.4 Å². The molecule has 0 bridgehead atoms. The third kappa shape index (κ3) is 2.89. The van der Waals surface area contributed by atoms with E-state index in [-0.39, 0.29) is 11.5 Å². The number of nitro groups is 1. The molecule has 2 rings (SSSR count). The molecule has 2 aromatic rings. The number of hydrogen-bond donors (Lipinski definition) is 1. The van der Waals surface area contributed by atoms with Gasteiger partial charge in [-0.3, -0.25) is 4.79 Å². The van der Waals surface area contributed by atoms with Crippen molar-refractivity contribution in [2.75, 3.05) is 5.32 Å². The Balaban J connectivity index is 2.21. The van der Waals surface area contributed by atoms with Crippen LogP contribution in [0.1, 0.15) is 10.5 Å². The van der Waals surface area contributed by atoms with Crippen LogP contribution in [0.3, 0.4) is 0 Å². The number of carbonyl (C=O) groups excluding carboxylic acids is 1. The second-order valence-electron chi connectivity index (χ2n) is 3.71. The maximum absolute atomic E-state index is 12.0. The molecule has 0 radical (unpaired) electrons. The summed E-state index contributed by atoms with van der Waals surface area (Å²) in [6, 6.07) is 6.16. The Morgan fingerprint density at radius 1 is 1.42 bits per heavy atom. The summed E-state index contributed by atoms with van der Waals surface area (Å²) in [4.78, 5) is 26.1. The Bertz CT molecular complexity index is 636. The van der Waals surface area contributed by atoms with E-state index in [0.717, 1.165) is 3.57 Å². The number of aromatic nitrogens is 2. The second-order valence-corrected chi connectivity index (χ2v) is 4.95. The summed E-state index contributed by atoms with van der Waals surface area (Å²) in [5.74, 6) is -0.181. The summed E-state index contributed by atoms with van der Waals surface area (Å²) in [6.07, 6.45) is 1.61. The van der Waals surface area contributed by atoms with Crippen LogP contribution in [0.25, 0.3) is 0 Å². The summed E-state index contributed by atoms with van der Waals surface area (Å²) < 4.78 is 2.17. The number of pyridine rings is 1. The minimum atomic E-state index is -0.542. The van der Waals surface area contributed by atoms with E-state index < -0.39 is 10.8 Å². The van der Waals surface area contributed by atoms with Gasteiger partial charge >= 0.3 is 5.82 Å². The standard InChI is InChI=1S/C11H9IN4O3/c1-15-8(3-5-10(15)16(18)19)11(17)14-9-4-2-7(12)6-13-9/h2-6H,1H3,(H,13,14,17). The van der Waals surface area contributed by atoms with E-state index in [9.17, 15) is 14.9 Å². The fourth-order valence-corrected chi connectivity index (χ4v) is 1.86. The maximum atomic E-state index is 12.0. The van der Waals surface area contributed by atoms with Crippen molar-refractivity contribution in [2.45, 2.75) is 0 Å². The van der Waals surface area contributed by atoms with Crippen LogP contribution in [0.2, 0.25) is 0 Å². The van der Waals surface area contributed by atoms with Crippen molar-refractivity contribution < 1.29 is 9.72 Å². The van der Waals surface area contributed by atoms with Crippen molar-refractivity contribution in [1.29, 1.82) is 0 Å². The maximum Gasteiger partial charge on any atom is 0.323 e. The Morgan fingerprint density at radius 3 is 2.68 bits per heavy atom. The number of nitrogens with zero attached hydrogens (tertiary/aromatic N) is 3. The molecule has 0 spiro atoms. The van der Waals surface area contributed by atoms with E-state index >= 15 is 0 Å². The highest BCUT2D eigenvalue weighted by Gasteiger charge is 2.20. The van der Waals surface area contributed by atoms with Gasteiger partial charge in [0.15, 0.2) is 5.69 Å². The molecule has 0 fully saturated rings. The Kier molecular flexibility index (Phi) is 3.79. The molecule has 0 aliphatic carbocycles. The first kappa shape index (κ1) is 13.5. The molecule has 2 heterocycles. The minimum Gasteiger partial charge on any atom is -0.358 e. The molecule has 0 aliphatic heterocycles. The van der Waals surface area contributed by atoms with Crippen LogP contribution >= 0.6 is 22.6 Å². The van der Waals surface area contributed by atoms with Gasteiger partial charge in [0.2, 0.25) is 0 Å². The summed E-state index contributed by atoms with van der Waals surface area (Å²) in [5, 5.41) is 13.3. The van der Waals surface area contributed by atoms with Gasteiger partial charge in [-0.2, -0.15) is 0 Å². The fourth-order valence-electron chi connectivity index (χ4n) is 1.54. The van der Waals surface area contributed by atoms with Crippen LogP contribution in [0.5, 0.6) is 0 Å². The first-order valence-corrected chi connectivity index (χ1v) is 6.30. The highest BCUT2D eigenvalue weighted by Crippen LogP contribution is 2.16. The summed E-state index contributed by atoms with van der Waals surface area (Å²) in [7, 11) is 1.47. The minimum absolute atomic E-state index is 0.138. The average molecular weight is 372 g/mol. The number of rotatable bonds is 3. The third-order valence-corrected chi connectivity index (χ3v) is 3.12. The van der Waals surface area contributed by atoms with Crippen LogP contribution in [-0.2, 0) is 7.05 Å². The van der Waals surface area contributed by atoms with Gasteiger partial charge < -0.3 is 15.4 Å². The zero-order valence-electron chi connectivity index (χ0n) is 9.83. The largest absolute Gasteiger partial charge is 0.358 e. The van der Waals surface area contributed by atoms with Gasteiger partial charge in [0.05, 0.1) is 7.05 Å². The summed E-state index contributed by atoms with van der Waals surface area (Å²) in [6.45, 7) is 0. The number of nitrogens with one attached hydrogen (secondary N) is 1. The Morgan fingerprint density at radius 2 is 2.16 bits per heavy atom. The highest BCUT2D eigenvalue weighted by atomic mass is 127. The average Bonchev–Trinajstić information content (AvgIpc) is 2.74. The van der Waals surface area contributed by atoms with E-state index in [2.05, 4.69) is 32.9 Å². The molecule has 8 heteroatoms. The van der Waals surface area contributed by atoms with Crippen LogP contribution in [0.15, 0.2) is 30.5 Å². The highest BCUT2D eigenvalue weighted by molar-refractivity contribution is 14.1. The predicted molar refractivity (Wildman–Crippen MR) is 77.0 cm³/mol. The van der Waals surface area contributed by atoms with Crippen molar-refractivity contribution in [2.24, 2.45) is 7.05 Å². The molecular formula is C11H9IN4O3. The molecule has 0 aromatic carbocycles. The summed E-state index contributed by atoms with van der Waals surface area (Å²) >= 11 is 2.10. The van der Waals surface area contributed by atoms with E-state index in [1.807, 2.05) is 0 Å². The van der Waals surface area contributed by atoms with Crippen molar-refractivity contribution >= 4 is 40.1 Å². The van der Waals surface area contributed by atoms with E-state index in [1.54, 1.807) is 18.3 Å². The molecular weight excluding hydrogens is 363 g/mol. The van der Waals surface area contributed by atoms with E-state index in [0.29, 0.717) is 5.82 Å². The Labute approximate surface area is 121 Å². The number of halogens is 1. The smallest absolute Gasteiger partial charge is 0.323 e. The van der Waals surface area contributed by atoms with E-state index in [1.165, 1.54) is 23.7 Å². The second kappa shape index (κ2) is 5.34. The number of hydrogen-bond acceptors (Lipinski definition) is 4. The van der Waals surface area contributed by atoms with Gasteiger partial charge in [-0.25, -0.2) is 9.55 Å². The van der Waals surface area contributed by atoms with Crippen LogP contribution in [0, 0.1) is 13.7 Å². The van der Waals surface area contributed by atoms with Crippen molar-refractivity contribution in [3.63, 3.8) is 0 Å². The Hall–Kier alpha value is -1.97. The zero-order valence-corrected chi connectivity index (χ0v) is 12.0. The van der Waals surface area contributed by atoms with Crippen molar-refractivity contribution in [3.05, 3.63) is 49.8 Å². The first-order chi connectivity index (χ1) is 8.99. The molecule has 0 atom stereocenters. The lowest BCUT2D eigenvalue weighted by Crippen LogP contribution is -2.16. The first-order valence-electron chi connectivity index (χ1n) is 5.22. The molecule has 1 N–H and O–H groups in total. The molecule has 7 nitrogen and oxygen atoms in total. The van der Waals surface area contributed by atoms with Gasteiger partial charge in [0.25, 0.3) is 5.91 Å². The van der Waals surface area contributed by atoms with Gasteiger partial charge in [0.1, 0.15) is 5.82 Å². The molecule has 1 amide bonds. The van der Waals surface area contributed by atoms with Gasteiger partial charge in [0, 0.05) is 15.8 Å². The number of amides is 1. The molecule has 2 aromatic heterocycles. The molecule has 19 heavy (non-hydrogen) atoms. The molecule has 0 saturated carbocycles. The van der Waals surface area contributed by atoms with Crippen molar-refractivity contribution in [3.8, 4) is 0 Å². The monoisotopic (exact) mass is 372 g/mol. The van der Waals surface area contributed by atoms with Gasteiger partial charge in [-0.05, 0) is 45.7 Å². The lowest BCUT2D eigenvalue weighted by Gasteiger charge is -2.03. The quantitative estimate of drug-likeness (QED) is 0.508. The zero-order chi connectivity index (χ0) is 14.0. The third-order valence-electron chi connectivity index (χ3n) is 2.48. The lowest BCUT2D eigenvalue weighted by atomic mass is 10.4. The van der Waals surface area contributed by atoms with Crippen molar-refractivity contribution in [1.82, 2.24) is 9.55 Å². The lowest BCUT2D eigenvalue weighted by molar-refractivity contribution is -0.391. The van der Waals surface area contributed by atoms with Crippen LogP contribution < -0.4 is 5.32 Å². The fraction of sp³-hybridized carbons (Fsp3) is 0.0909. The van der Waals surface area contributed by atoms with Gasteiger partial charge in [-0.1, -0.05) is 0 Å². The number of anilines is 1. The molecule has 0 unspecified atom stereocenters. The number of carbonyl (C=O) groups is 1. The predicted octanol–water partition coefficient (Wildman–Crippen LogP) is 2.19. The molecule has 0 aliphatic rings.